The molecule has 0 aliphatic carbocycles. The van der Waals surface area contributed by atoms with E-state index in [2.05, 4.69) is 15.7 Å². The number of hydrogen-bond acceptors (Lipinski definition) is 2. The van der Waals surface area contributed by atoms with Crippen LogP contribution in [-0.2, 0) is 6.54 Å². The predicted molar refractivity (Wildman–Crippen MR) is 48.0 cm³/mol. The second-order valence-corrected chi connectivity index (χ2v) is 3.51. The van der Waals surface area contributed by atoms with E-state index in [1.807, 2.05) is 6.92 Å². The van der Waals surface area contributed by atoms with E-state index in [-0.39, 0.29) is 0 Å². The fraction of sp³-hybridized carbons (Fsp3) is 0.667. The summed E-state index contributed by atoms with van der Waals surface area (Å²) in [6, 6.07) is 0. The summed E-state index contributed by atoms with van der Waals surface area (Å²) in [5.41, 5.74) is 6.79. The van der Waals surface area contributed by atoms with Crippen molar-refractivity contribution in [2.24, 2.45) is 5.73 Å². The first-order valence-corrected chi connectivity index (χ1v) is 4.55. The summed E-state index contributed by atoms with van der Waals surface area (Å²) in [6.07, 6.45) is 4.56. The van der Waals surface area contributed by atoms with Gasteiger partial charge in [-0.1, -0.05) is 0 Å². The van der Waals surface area contributed by atoms with Crippen LogP contribution < -0.4 is 5.73 Å². The number of aryl methyl sites for hydroxylation is 2. The van der Waals surface area contributed by atoms with Crippen molar-refractivity contribution in [3.8, 4) is 0 Å². The zero-order valence-electron chi connectivity index (χ0n) is 7.45. The first-order valence-electron chi connectivity index (χ1n) is 4.55. The molecule has 2 heterocycles. The van der Waals surface area contributed by atoms with Gasteiger partial charge in [0.25, 0.3) is 0 Å². The number of nitrogens with zero attached hydrogens (tertiary/aromatic N) is 2. The fourth-order valence-electron chi connectivity index (χ4n) is 1.93. The van der Waals surface area contributed by atoms with Gasteiger partial charge in [-0.15, -0.1) is 0 Å². The molecule has 2 N–H and O–H groups in total. The van der Waals surface area contributed by atoms with E-state index in [1.54, 1.807) is 0 Å². The topological polar surface area (TPSA) is 43.8 Å². The van der Waals surface area contributed by atoms with E-state index in [4.69, 9.17) is 5.73 Å². The molecule has 1 aliphatic heterocycles. The molecule has 0 amide bonds. The van der Waals surface area contributed by atoms with Crippen molar-refractivity contribution in [1.29, 1.82) is 0 Å². The van der Waals surface area contributed by atoms with Crippen molar-refractivity contribution in [3.63, 3.8) is 0 Å². The summed E-state index contributed by atoms with van der Waals surface area (Å²) < 4.78 is 2.25. The Hall–Kier alpha value is -0.830. The van der Waals surface area contributed by atoms with Crippen LogP contribution in [0.3, 0.4) is 0 Å². The molecule has 1 atom stereocenters. The van der Waals surface area contributed by atoms with E-state index < -0.39 is 0 Å². The summed E-state index contributed by atoms with van der Waals surface area (Å²) in [4.78, 5) is 4.49. The highest BCUT2D eigenvalue weighted by atomic mass is 15.1. The monoisotopic (exact) mass is 165 g/mol. The van der Waals surface area contributed by atoms with E-state index in [0.29, 0.717) is 5.92 Å². The van der Waals surface area contributed by atoms with Crippen molar-refractivity contribution in [3.05, 3.63) is 17.7 Å². The SMILES string of the molecule is Cc1cn2c(n1)[C@@H](CN)CCC2. The molecule has 2 rings (SSSR count). The van der Waals surface area contributed by atoms with Gasteiger partial charge in [-0.05, 0) is 19.8 Å². The van der Waals surface area contributed by atoms with Gasteiger partial charge in [0.2, 0.25) is 0 Å². The molecule has 1 aromatic heterocycles. The standard InChI is InChI=1S/C9H15N3/c1-7-6-12-4-2-3-8(5-10)9(12)11-7/h6,8H,2-5,10H2,1H3/t8-/m1/s1. The first kappa shape index (κ1) is 7.80. The number of rotatable bonds is 1. The molecular weight excluding hydrogens is 150 g/mol. The van der Waals surface area contributed by atoms with Crippen LogP contribution in [0.5, 0.6) is 0 Å². The maximum Gasteiger partial charge on any atom is 0.113 e. The number of aromatic nitrogens is 2. The average molecular weight is 165 g/mol. The highest BCUT2D eigenvalue weighted by Crippen LogP contribution is 2.25. The van der Waals surface area contributed by atoms with Crippen LogP contribution in [0.1, 0.15) is 30.3 Å². The summed E-state index contributed by atoms with van der Waals surface area (Å²) in [6.45, 7) is 3.89. The highest BCUT2D eigenvalue weighted by Gasteiger charge is 2.20. The Morgan fingerprint density at radius 3 is 3.33 bits per heavy atom. The highest BCUT2D eigenvalue weighted by molar-refractivity contribution is 5.09. The number of fused-ring (bicyclic) bond motifs is 1. The number of imidazole rings is 1. The van der Waals surface area contributed by atoms with Gasteiger partial charge in [0.05, 0.1) is 5.69 Å². The van der Waals surface area contributed by atoms with Crippen LogP contribution >= 0.6 is 0 Å². The van der Waals surface area contributed by atoms with E-state index in [9.17, 15) is 0 Å². The molecule has 3 nitrogen and oxygen atoms in total. The Morgan fingerprint density at radius 1 is 1.75 bits per heavy atom. The van der Waals surface area contributed by atoms with Crippen LogP contribution in [0.4, 0.5) is 0 Å². The molecule has 0 unspecified atom stereocenters. The van der Waals surface area contributed by atoms with Gasteiger partial charge < -0.3 is 10.3 Å². The Morgan fingerprint density at radius 2 is 2.58 bits per heavy atom. The van der Waals surface area contributed by atoms with Crippen molar-refractivity contribution < 1.29 is 0 Å². The molecule has 0 bridgehead atoms. The Bertz CT molecular complexity index is 277. The van der Waals surface area contributed by atoms with Gasteiger partial charge in [0.15, 0.2) is 0 Å². The lowest BCUT2D eigenvalue weighted by molar-refractivity contribution is 0.448. The Kier molecular flexibility index (Phi) is 1.89. The van der Waals surface area contributed by atoms with Crippen molar-refractivity contribution in [2.45, 2.75) is 32.2 Å². The van der Waals surface area contributed by atoms with Gasteiger partial charge in [-0.3, -0.25) is 0 Å². The second kappa shape index (κ2) is 2.90. The molecule has 12 heavy (non-hydrogen) atoms. The molecule has 1 aliphatic rings. The quantitative estimate of drug-likeness (QED) is 0.675. The molecule has 0 saturated carbocycles. The third-order valence-corrected chi connectivity index (χ3v) is 2.53. The minimum atomic E-state index is 0.493. The van der Waals surface area contributed by atoms with Crippen LogP contribution in [0, 0.1) is 6.92 Å². The Labute approximate surface area is 72.6 Å². The molecule has 0 aromatic carbocycles. The lowest BCUT2D eigenvalue weighted by atomic mass is 9.99. The minimum Gasteiger partial charge on any atom is -0.334 e. The summed E-state index contributed by atoms with van der Waals surface area (Å²) in [5.74, 6) is 1.69. The first-order chi connectivity index (χ1) is 5.81. The van der Waals surface area contributed by atoms with Gasteiger partial charge >= 0.3 is 0 Å². The van der Waals surface area contributed by atoms with Crippen molar-refractivity contribution >= 4 is 0 Å². The smallest absolute Gasteiger partial charge is 0.113 e. The maximum atomic E-state index is 5.67. The van der Waals surface area contributed by atoms with Crippen LogP contribution in [-0.4, -0.2) is 16.1 Å². The number of nitrogens with two attached hydrogens (primary N) is 1. The fourth-order valence-corrected chi connectivity index (χ4v) is 1.93. The average Bonchev–Trinajstić information content (AvgIpc) is 2.44. The Balaban J connectivity index is 2.36. The molecular formula is C9H15N3. The third kappa shape index (κ3) is 1.14. The van der Waals surface area contributed by atoms with Crippen LogP contribution in [0.25, 0.3) is 0 Å². The zero-order valence-corrected chi connectivity index (χ0v) is 7.45. The summed E-state index contributed by atoms with van der Waals surface area (Å²) in [7, 11) is 0. The zero-order chi connectivity index (χ0) is 8.55. The van der Waals surface area contributed by atoms with E-state index in [0.717, 1.165) is 18.8 Å². The van der Waals surface area contributed by atoms with Gasteiger partial charge in [0.1, 0.15) is 5.82 Å². The molecule has 0 spiro atoms. The molecule has 66 valence electrons. The van der Waals surface area contributed by atoms with E-state index in [1.165, 1.54) is 18.7 Å². The lowest BCUT2D eigenvalue weighted by Gasteiger charge is -2.21. The maximum absolute atomic E-state index is 5.67. The van der Waals surface area contributed by atoms with E-state index >= 15 is 0 Å². The molecule has 0 fully saturated rings. The predicted octanol–water partition coefficient (Wildman–Crippen LogP) is 1.03. The lowest BCUT2D eigenvalue weighted by Crippen LogP contribution is -2.21. The van der Waals surface area contributed by atoms with Crippen LogP contribution in [0.2, 0.25) is 0 Å². The molecule has 3 heteroatoms. The largest absolute Gasteiger partial charge is 0.334 e. The van der Waals surface area contributed by atoms with Gasteiger partial charge in [-0.2, -0.15) is 0 Å². The second-order valence-electron chi connectivity index (χ2n) is 3.51. The van der Waals surface area contributed by atoms with Crippen LogP contribution in [0.15, 0.2) is 6.20 Å². The van der Waals surface area contributed by atoms with Gasteiger partial charge in [-0.25, -0.2) is 4.98 Å². The summed E-state index contributed by atoms with van der Waals surface area (Å²) in [5, 5.41) is 0. The van der Waals surface area contributed by atoms with Crippen molar-refractivity contribution in [1.82, 2.24) is 9.55 Å². The molecule has 1 aromatic rings. The summed E-state index contributed by atoms with van der Waals surface area (Å²) >= 11 is 0. The molecule has 0 saturated heterocycles. The third-order valence-electron chi connectivity index (χ3n) is 2.53. The number of hydrogen-bond donors (Lipinski definition) is 1. The van der Waals surface area contributed by atoms with Crippen molar-refractivity contribution in [2.75, 3.05) is 6.54 Å². The minimum absolute atomic E-state index is 0.493. The molecule has 0 radical (unpaired) electrons. The normalized spacial score (nSPS) is 22.3. The van der Waals surface area contributed by atoms with Gasteiger partial charge in [0, 0.05) is 25.2 Å².